The molecule has 0 spiro atoms. The SMILES string of the molecule is Cc1cc(S(=O)(=O)NCCCS(C)=O)cc(N)c1F. The third kappa shape index (κ3) is 4.55. The molecule has 0 aliphatic heterocycles. The largest absolute Gasteiger partial charge is 0.396 e. The predicted octanol–water partition coefficient (Wildman–Crippen LogP) is 0.763. The number of hydrogen-bond acceptors (Lipinski definition) is 4. The van der Waals surface area contributed by atoms with E-state index in [4.69, 9.17) is 5.73 Å². The summed E-state index contributed by atoms with van der Waals surface area (Å²) in [6, 6.07) is 2.31. The number of nitrogens with two attached hydrogens (primary N) is 1. The number of anilines is 1. The van der Waals surface area contributed by atoms with Crippen molar-refractivity contribution in [2.45, 2.75) is 18.2 Å². The van der Waals surface area contributed by atoms with Crippen LogP contribution in [0.15, 0.2) is 17.0 Å². The van der Waals surface area contributed by atoms with Gasteiger partial charge in [-0.15, -0.1) is 0 Å². The molecule has 0 saturated heterocycles. The molecule has 0 saturated carbocycles. The quantitative estimate of drug-likeness (QED) is 0.600. The van der Waals surface area contributed by atoms with Crippen LogP contribution in [-0.4, -0.2) is 31.2 Å². The number of nitrogens with one attached hydrogen (secondary N) is 1. The second-order valence-electron chi connectivity index (χ2n) is 4.17. The number of nitrogen functional groups attached to an aromatic ring is 1. The van der Waals surface area contributed by atoms with Crippen LogP contribution in [0.2, 0.25) is 0 Å². The van der Waals surface area contributed by atoms with E-state index < -0.39 is 26.6 Å². The monoisotopic (exact) mass is 308 g/mol. The van der Waals surface area contributed by atoms with Crippen molar-refractivity contribution in [1.29, 1.82) is 0 Å². The first-order valence-corrected chi connectivity index (χ1v) is 8.80. The molecular weight excluding hydrogens is 291 g/mol. The highest BCUT2D eigenvalue weighted by Crippen LogP contribution is 2.20. The summed E-state index contributed by atoms with van der Waals surface area (Å²) in [6.07, 6.45) is 2.02. The average molecular weight is 308 g/mol. The molecule has 108 valence electrons. The number of rotatable bonds is 6. The molecular formula is C11H17FN2O3S2. The Morgan fingerprint density at radius 3 is 2.58 bits per heavy atom. The molecule has 3 N–H and O–H groups in total. The van der Waals surface area contributed by atoms with Gasteiger partial charge in [0, 0.05) is 29.4 Å². The topological polar surface area (TPSA) is 89.3 Å². The summed E-state index contributed by atoms with van der Waals surface area (Å²) in [5, 5.41) is 0. The Hall–Kier alpha value is -0.990. The number of halogens is 1. The van der Waals surface area contributed by atoms with Gasteiger partial charge in [-0.1, -0.05) is 0 Å². The van der Waals surface area contributed by atoms with Gasteiger partial charge in [-0.05, 0) is 31.0 Å². The Bertz CT molecular complexity index is 565. The molecule has 0 heterocycles. The van der Waals surface area contributed by atoms with Crippen LogP contribution in [0.4, 0.5) is 10.1 Å². The molecule has 1 rings (SSSR count). The van der Waals surface area contributed by atoms with Gasteiger partial charge in [0.1, 0.15) is 5.82 Å². The summed E-state index contributed by atoms with van der Waals surface area (Å²) in [5.41, 5.74) is 5.38. The van der Waals surface area contributed by atoms with E-state index in [0.29, 0.717) is 12.2 Å². The number of sulfonamides is 1. The molecule has 1 unspecified atom stereocenters. The van der Waals surface area contributed by atoms with Crippen LogP contribution in [-0.2, 0) is 20.8 Å². The van der Waals surface area contributed by atoms with Gasteiger partial charge in [0.15, 0.2) is 0 Å². The van der Waals surface area contributed by atoms with Gasteiger partial charge >= 0.3 is 0 Å². The first kappa shape index (κ1) is 16.1. The molecule has 1 aromatic rings. The van der Waals surface area contributed by atoms with Crippen molar-refractivity contribution < 1.29 is 17.0 Å². The normalized spacial score (nSPS) is 13.4. The van der Waals surface area contributed by atoms with Gasteiger partial charge in [0.2, 0.25) is 10.0 Å². The summed E-state index contributed by atoms with van der Waals surface area (Å²) in [5.74, 6) is -0.187. The van der Waals surface area contributed by atoms with Crippen LogP contribution < -0.4 is 10.5 Å². The standard InChI is InChI=1S/C11H17FN2O3S2/c1-8-6-9(7-10(13)11(8)12)19(16,17)14-4-3-5-18(2)15/h6-7,14H,3-5,13H2,1-2H3. The fourth-order valence-electron chi connectivity index (χ4n) is 1.48. The van der Waals surface area contributed by atoms with E-state index in [9.17, 15) is 17.0 Å². The highest BCUT2D eigenvalue weighted by atomic mass is 32.2. The van der Waals surface area contributed by atoms with E-state index in [1.165, 1.54) is 13.0 Å². The summed E-state index contributed by atoms with van der Waals surface area (Å²) >= 11 is 0. The Labute approximate surface area is 114 Å². The van der Waals surface area contributed by atoms with Gasteiger partial charge in [-0.25, -0.2) is 17.5 Å². The van der Waals surface area contributed by atoms with Crippen LogP contribution in [0, 0.1) is 12.7 Å². The molecule has 19 heavy (non-hydrogen) atoms. The van der Waals surface area contributed by atoms with E-state index in [1.54, 1.807) is 6.26 Å². The predicted molar refractivity (Wildman–Crippen MR) is 74.3 cm³/mol. The molecule has 0 aliphatic carbocycles. The van der Waals surface area contributed by atoms with Gasteiger partial charge in [-0.3, -0.25) is 4.21 Å². The van der Waals surface area contributed by atoms with Crippen LogP contribution in [0.1, 0.15) is 12.0 Å². The lowest BCUT2D eigenvalue weighted by Crippen LogP contribution is -2.26. The molecule has 8 heteroatoms. The lowest BCUT2D eigenvalue weighted by atomic mass is 10.2. The first-order chi connectivity index (χ1) is 8.74. The Kier molecular flexibility index (Phi) is 5.45. The molecule has 0 aliphatic rings. The van der Waals surface area contributed by atoms with Gasteiger partial charge in [0.25, 0.3) is 0 Å². The smallest absolute Gasteiger partial charge is 0.240 e. The minimum Gasteiger partial charge on any atom is -0.396 e. The molecule has 0 fully saturated rings. The van der Waals surface area contributed by atoms with Crippen LogP contribution in [0.5, 0.6) is 0 Å². The first-order valence-electron chi connectivity index (χ1n) is 5.59. The van der Waals surface area contributed by atoms with Crippen molar-refractivity contribution in [2.75, 3.05) is 24.3 Å². The molecule has 0 radical (unpaired) electrons. The zero-order valence-corrected chi connectivity index (χ0v) is 12.4. The van der Waals surface area contributed by atoms with Crippen LogP contribution >= 0.6 is 0 Å². The van der Waals surface area contributed by atoms with E-state index in [1.807, 2.05) is 0 Å². The zero-order valence-electron chi connectivity index (χ0n) is 10.8. The Balaban J connectivity index is 2.80. The zero-order chi connectivity index (χ0) is 14.6. The van der Waals surface area contributed by atoms with E-state index in [-0.39, 0.29) is 22.7 Å². The highest BCUT2D eigenvalue weighted by Gasteiger charge is 2.16. The van der Waals surface area contributed by atoms with Crippen molar-refractivity contribution in [3.05, 3.63) is 23.5 Å². The van der Waals surface area contributed by atoms with Crippen LogP contribution in [0.25, 0.3) is 0 Å². The third-order valence-corrected chi connectivity index (χ3v) is 4.77. The fraction of sp³-hybridized carbons (Fsp3) is 0.455. The molecule has 1 aromatic carbocycles. The second kappa shape index (κ2) is 6.44. The van der Waals surface area contributed by atoms with Crippen molar-refractivity contribution >= 4 is 26.5 Å². The van der Waals surface area contributed by atoms with E-state index in [0.717, 1.165) is 6.07 Å². The summed E-state index contributed by atoms with van der Waals surface area (Å²) in [7, 11) is -4.67. The molecule has 0 bridgehead atoms. The minimum absolute atomic E-state index is 0.0680. The maximum Gasteiger partial charge on any atom is 0.240 e. The van der Waals surface area contributed by atoms with Gasteiger partial charge in [0.05, 0.1) is 10.6 Å². The van der Waals surface area contributed by atoms with Crippen molar-refractivity contribution in [3.63, 3.8) is 0 Å². The summed E-state index contributed by atoms with van der Waals surface area (Å²) in [6.45, 7) is 1.63. The van der Waals surface area contributed by atoms with Gasteiger partial charge < -0.3 is 5.73 Å². The fourth-order valence-corrected chi connectivity index (χ4v) is 3.23. The van der Waals surface area contributed by atoms with E-state index in [2.05, 4.69) is 4.72 Å². The summed E-state index contributed by atoms with van der Waals surface area (Å²) in [4.78, 5) is -0.0680. The number of benzene rings is 1. The third-order valence-electron chi connectivity index (χ3n) is 2.47. The Morgan fingerprint density at radius 2 is 2.05 bits per heavy atom. The number of hydrogen-bond donors (Lipinski definition) is 2. The highest BCUT2D eigenvalue weighted by molar-refractivity contribution is 7.89. The maximum atomic E-state index is 13.3. The minimum atomic E-state index is -3.72. The Morgan fingerprint density at radius 1 is 1.42 bits per heavy atom. The molecule has 0 aromatic heterocycles. The summed E-state index contributed by atoms with van der Waals surface area (Å²) < 4.78 is 50.4. The average Bonchev–Trinajstić information content (AvgIpc) is 2.31. The molecule has 1 atom stereocenters. The number of aryl methyl sites for hydroxylation is 1. The van der Waals surface area contributed by atoms with Crippen molar-refractivity contribution in [2.24, 2.45) is 0 Å². The lowest BCUT2D eigenvalue weighted by molar-refractivity contribution is 0.579. The molecule has 0 amide bonds. The molecule has 5 nitrogen and oxygen atoms in total. The maximum absolute atomic E-state index is 13.3. The lowest BCUT2D eigenvalue weighted by Gasteiger charge is -2.09. The van der Waals surface area contributed by atoms with E-state index >= 15 is 0 Å². The second-order valence-corrected chi connectivity index (χ2v) is 7.49. The van der Waals surface area contributed by atoms with Crippen LogP contribution in [0.3, 0.4) is 0 Å². The van der Waals surface area contributed by atoms with Crippen molar-refractivity contribution in [3.8, 4) is 0 Å². The van der Waals surface area contributed by atoms with Gasteiger partial charge in [-0.2, -0.15) is 0 Å². The van der Waals surface area contributed by atoms with Crippen molar-refractivity contribution in [1.82, 2.24) is 4.72 Å².